The third kappa shape index (κ3) is 3.26. The van der Waals surface area contributed by atoms with Crippen molar-refractivity contribution in [2.24, 2.45) is 11.3 Å². The maximum Gasteiger partial charge on any atom is 0.139 e. The summed E-state index contributed by atoms with van der Waals surface area (Å²) in [5.74, 6) is 3.00. The fourth-order valence-corrected chi connectivity index (χ4v) is 4.36. The standard InChI is InChI=1S/C21H29N3/c1-24(2)20-17-7-3-4-8-18(17)22-19(23-20)9-5-6-16-10-12-21(13-11-16)14-15-21/h3-4,7-8,16H,5-6,9-15H2,1-2H3. The van der Waals surface area contributed by atoms with Crippen LogP contribution in [0.3, 0.4) is 0 Å². The second kappa shape index (κ2) is 6.34. The van der Waals surface area contributed by atoms with Crippen LogP contribution in [-0.4, -0.2) is 24.1 Å². The van der Waals surface area contributed by atoms with Crippen molar-refractivity contribution in [3.63, 3.8) is 0 Å². The van der Waals surface area contributed by atoms with Crippen LogP contribution in [-0.2, 0) is 6.42 Å². The first-order valence-corrected chi connectivity index (χ1v) is 9.58. The Morgan fingerprint density at radius 3 is 2.50 bits per heavy atom. The number of rotatable bonds is 5. The Kier molecular flexibility index (Phi) is 4.19. The Labute approximate surface area is 145 Å². The molecule has 1 heterocycles. The van der Waals surface area contributed by atoms with Crippen molar-refractivity contribution in [2.75, 3.05) is 19.0 Å². The molecule has 0 unspecified atom stereocenters. The van der Waals surface area contributed by atoms with Gasteiger partial charge in [-0.3, -0.25) is 0 Å². The van der Waals surface area contributed by atoms with Gasteiger partial charge < -0.3 is 4.90 Å². The number of hydrogen-bond donors (Lipinski definition) is 0. The third-order valence-electron chi connectivity index (χ3n) is 6.19. The molecule has 24 heavy (non-hydrogen) atoms. The summed E-state index contributed by atoms with van der Waals surface area (Å²) in [6.07, 6.45) is 12.5. The molecule has 2 fully saturated rings. The molecule has 3 heteroatoms. The molecule has 0 bridgehead atoms. The molecule has 2 saturated carbocycles. The maximum absolute atomic E-state index is 4.83. The van der Waals surface area contributed by atoms with E-state index < -0.39 is 0 Å². The van der Waals surface area contributed by atoms with Crippen LogP contribution in [0, 0.1) is 11.3 Å². The number of hydrogen-bond acceptors (Lipinski definition) is 3. The first-order valence-electron chi connectivity index (χ1n) is 9.58. The largest absolute Gasteiger partial charge is 0.362 e. The predicted molar refractivity (Wildman–Crippen MR) is 100 cm³/mol. The minimum Gasteiger partial charge on any atom is -0.362 e. The third-order valence-corrected chi connectivity index (χ3v) is 6.19. The Morgan fingerprint density at radius 2 is 1.79 bits per heavy atom. The lowest BCUT2D eigenvalue weighted by molar-refractivity contribution is 0.243. The molecule has 1 spiro atoms. The van der Waals surface area contributed by atoms with Gasteiger partial charge in [-0.05, 0) is 68.4 Å². The minimum absolute atomic E-state index is 0.818. The van der Waals surface area contributed by atoms with Crippen molar-refractivity contribution in [3.8, 4) is 0 Å². The SMILES string of the molecule is CN(C)c1nc(CCCC2CCC3(CC2)CC3)nc2ccccc12. The van der Waals surface area contributed by atoms with Crippen molar-refractivity contribution in [3.05, 3.63) is 30.1 Å². The van der Waals surface area contributed by atoms with Crippen LogP contribution in [0.5, 0.6) is 0 Å². The van der Waals surface area contributed by atoms with Crippen LogP contribution in [0.25, 0.3) is 10.9 Å². The van der Waals surface area contributed by atoms with Gasteiger partial charge in [0.25, 0.3) is 0 Å². The Morgan fingerprint density at radius 1 is 1.04 bits per heavy atom. The summed E-state index contributed by atoms with van der Waals surface area (Å²) in [6, 6.07) is 8.34. The van der Waals surface area contributed by atoms with Gasteiger partial charge in [0.15, 0.2) is 0 Å². The zero-order valence-corrected chi connectivity index (χ0v) is 15.1. The second-order valence-corrected chi connectivity index (χ2v) is 8.21. The Balaban J connectivity index is 1.39. The van der Waals surface area contributed by atoms with E-state index in [0.717, 1.165) is 40.3 Å². The van der Waals surface area contributed by atoms with Gasteiger partial charge in [-0.2, -0.15) is 0 Å². The van der Waals surface area contributed by atoms with Crippen LogP contribution in [0.15, 0.2) is 24.3 Å². The highest BCUT2D eigenvalue weighted by Gasteiger charge is 2.44. The molecule has 128 valence electrons. The van der Waals surface area contributed by atoms with Crippen LogP contribution in [0.2, 0.25) is 0 Å². The molecule has 4 rings (SSSR count). The highest BCUT2D eigenvalue weighted by atomic mass is 15.1. The summed E-state index contributed by atoms with van der Waals surface area (Å²) in [4.78, 5) is 11.7. The fourth-order valence-electron chi connectivity index (χ4n) is 4.36. The van der Waals surface area contributed by atoms with E-state index >= 15 is 0 Å². The van der Waals surface area contributed by atoms with Crippen LogP contribution >= 0.6 is 0 Å². The molecule has 0 radical (unpaired) electrons. The molecule has 2 aliphatic carbocycles. The molecule has 1 aromatic carbocycles. The van der Waals surface area contributed by atoms with E-state index in [1.165, 1.54) is 51.4 Å². The van der Waals surface area contributed by atoms with Crippen molar-refractivity contribution < 1.29 is 0 Å². The number of anilines is 1. The van der Waals surface area contributed by atoms with Crippen molar-refractivity contribution in [1.82, 2.24) is 9.97 Å². The summed E-state index contributed by atoms with van der Waals surface area (Å²) >= 11 is 0. The summed E-state index contributed by atoms with van der Waals surface area (Å²) in [5, 5.41) is 1.15. The quantitative estimate of drug-likeness (QED) is 0.776. The molecular formula is C21H29N3. The number of para-hydroxylation sites is 1. The second-order valence-electron chi connectivity index (χ2n) is 8.21. The molecule has 0 aliphatic heterocycles. The lowest BCUT2D eigenvalue weighted by atomic mass is 9.78. The zero-order chi connectivity index (χ0) is 16.6. The zero-order valence-electron chi connectivity index (χ0n) is 15.1. The number of aryl methyl sites for hydroxylation is 1. The molecule has 2 aromatic rings. The molecule has 0 atom stereocenters. The molecule has 2 aliphatic rings. The molecule has 0 N–H and O–H groups in total. The van der Waals surface area contributed by atoms with Gasteiger partial charge in [0.1, 0.15) is 11.6 Å². The molecule has 3 nitrogen and oxygen atoms in total. The lowest BCUT2D eigenvalue weighted by Crippen LogP contribution is -2.16. The lowest BCUT2D eigenvalue weighted by Gasteiger charge is -2.28. The Bertz CT molecular complexity index is 708. The normalized spacial score (nSPS) is 19.8. The Hall–Kier alpha value is -1.64. The predicted octanol–water partition coefficient (Wildman–Crippen LogP) is 4.99. The number of fused-ring (bicyclic) bond motifs is 1. The van der Waals surface area contributed by atoms with Crippen LogP contribution in [0.1, 0.15) is 57.2 Å². The van der Waals surface area contributed by atoms with Crippen molar-refractivity contribution in [1.29, 1.82) is 0 Å². The van der Waals surface area contributed by atoms with E-state index in [1.807, 2.05) is 0 Å². The monoisotopic (exact) mass is 323 g/mol. The van der Waals surface area contributed by atoms with Crippen molar-refractivity contribution in [2.45, 2.75) is 57.8 Å². The van der Waals surface area contributed by atoms with Gasteiger partial charge in [-0.25, -0.2) is 9.97 Å². The molecule has 0 amide bonds. The first kappa shape index (κ1) is 15.9. The van der Waals surface area contributed by atoms with E-state index in [0.29, 0.717) is 0 Å². The van der Waals surface area contributed by atoms with Gasteiger partial charge >= 0.3 is 0 Å². The summed E-state index contributed by atoms with van der Waals surface area (Å²) in [5.41, 5.74) is 1.89. The van der Waals surface area contributed by atoms with E-state index in [4.69, 9.17) is 9.97 Å². The van der Waals surface area contributed by atoms with E-state index in [1.54, 1.807) is 0 Å². The van der Waals surface area contributed by atoms with Gasteiger partial charge in [0.2, 0.25) is 0 Å². The van der Waals surface area contributed by atoms with Gasteiger partial charge in [-0.15, -0.1) is 0 Å². The van der Waals surface area contributed by atoms with Crippen LogP contribution < -0.4 is 4.90 Å². The highest BCUT2D eigenvalue weighted by molar-refractivity contribution is 5.89. The highest BCUT2D eigenvalue weighted by Crippen LogP contribution is 2.57. The average Bonchev–Trinajstić information content (AvgIpc) is 3.35. The average molecular weight is 323 g/mol. The van der Waals surface area contributed by atoms with Gasteiger partial charge in [-0.1, -0.05) is 18.6 Å². The van der Waals surface area contributed by atoms with Gasteiger partial charge in [0, 0.05) is 25.9 Å². The number of benzene rings is 1. The van der Waals surface area contributed by atoms with Crippen molar-refractivity contribution >= 4 is 16.7 Å². The molecule has 1 aromatic heterocycles. The molecular weight excluding hydrogens is 294 g/mol. The van der Waals surface area contributed by atoms with E-state index in [9.17, 15) is 0 Å². The molecule has 0 saturated heterocycles. The van der Waals surface area contributed by atoms with E-state index in [-0.39, 0.29) is 0 Å². The van der Waals surface area contributed by atoms with Gasteiger partial charge in [0.05, 0.1) is 5.52 Å². The summed E-state index contributed by atoms with van der Waals surface area (Å²) in [7, 11) is 4.13. The number of nitrogens with zero attached hydrogens (tertiary/aromatic N) is 3. The fraction of sp³-hybridized carbons (Fsp3) is 0.619. The summed E-state index contributed by atoms with van der Waals surface area (Å²) < 4.78 is 0. The van der Waals surface area contributed by atoms with E-state index in [2.05, 4.69) is 43.3 Å². The maximum atomic E-state index is 4.83. The minimum atomic E-state index is 0.818. The smallest absolute Gasteiger partial charge is 0.139 e. The first-order chi connectivity index (χ1) is 11.7. The van der Waals surface area contributed by atoms with Crippen LogP contribution in [0.4, 0.5) is 5.82 Å². The topological polar surface area (TPSA) is 29.0 Å². The summed E-state index contributed by atoms with van der Waals surface area (Å²) in [6.45, 7) is 0. The number of aromatic nitrogens is 2.